The second kappa shape index (κ2) is 6.61. The van der Waals surface area contributed by atoms with Crippen LogP contribution in [0.5, 0.6) is 5.75 Å². The minimum atomic E-state index is -0.576. The number of anilines is 1. The van der Waals surface area contributed by atoms with Crippen molar-refractivity contribution in [3.8, 4) is 5.75 Å². The van der Waals surface area contributed by atoms with E-state index in [2.05, 4.69) is 10.9 Å². The Morgan fingerprint density at radius 1 is 1.10 bits per heavy atom. The van der Waals surface area contributed by atoms with Gasteiger partial charge < -0.3 is 4.74 Å². The minimum Gasteiger partial charge on any atom is -0.481 e. The number of hydrogen-bond acceptors (Lipinski definition) is 3. The van der Waals surface area contributed by atoms with Crippen LogP contribution in [0.15, 0.2) is 54.6 Å². The second-order valence-electron chi connectivity index (χ2n) is 4.56. The molecule has 0 aliphatic heterocycles. The fourth-order valence-electron chi connectivity index (χ4n) is 1.70. The lowest BCUT2D eigenvalue weighted by Gasteiger charge is -2.16. The van der Waals surface area contributed by atoms with E-state index in [-0.39, 0.29) is 5.91 Å². The van der Waals surface area contributed by atoms with Crippen molar-refractivity contribution in [1.82, 2.24) is 5.43 Å². The molecule has 0 aliphatic carbocycles. The third kappa shape index (κ3) is 4.02. The van der Waals surface area contributed by atoms with Crippen LogP contribution in [0.2, 0.25) is 0 Å². The zero-order valence-corrected chi connectivity index (χ0v) is 11.6. The van der Waals surface area contributed by atoms with Gasteiger partial charge in [-0.1, -0.05) is 30.3 Å². The van der Waals surface area contributed by atoms with E-state index in [1.165, 1.54) is 0 Å². The number of hydrogen-bond donors (Lipinski definition) is 2. The molecule has 1 unspecified atom stereocenters. The number of carbonyl (C=O) groups excluding carboxylic acids is 1. The number of para-hydroxylation sites is 1. The number of hydrazine groups is 1. The van der Waals surface area contributed by atoms with Gasteiger partial charge in [0, 0.05) is 0 Å². The summed E-state index contributed by atoms with van der Waals surface area (Å²) >= 11 is 0. The smallest absolute Gasteiger partial charge is 0.279 e. The Morgan fingerprint density at radius 3 is 2.55 bits per heavy atom. The Labute approximate surface area is 118 Å². The molecule has 20 heavy (non-hydrogen) atoms. The quantitative estimate of drug-likeness (QED) is 0.821. The van der Waals surface area contributed by atoms with Gasteiger partial charge in [-0.15, -0.1) is 0 Å². The summed E-state index contributed by atoms with van der Waals surface area (Å²) in [5, 5.41) is 0. The molecule has 2 rings (SSSR count). The molecule has 2 aromatic rings. The van der Waals surface area contributed by atoms with Gasteiger partial charge in [-0.2, -0.15) is 0 Å². The zero-order chi connectivity index (χ0) is 14.4. The van der Waals surface area contributed by atoms with Crippen LogP contribution in [-0.2, 0) is 4.79 Å². The molecular formula is C16H18N2O2. The molecule has 0 spiro atoms. The number of aryl methyl sites for hydroxylation is 1. The zero-order valence-electron chi connectivity index (χ0n) is 11.6. The Morgan fingerprint density at radius 2 is 1.85 bits per heavy atom. The fraction of sp³-hybridized carbons (Fsp3) is 0.188. The fourth-order valence-corrected chi connectivity index (χ4v) is 1.70. The molecule has 0 radical (unpaired) electrons. The molecule has 0 aromatic heterocycles. The van der Waals surface area contributed by atoms with Gasteiger partial charge in [0.1, 0.15) is 5.75 Å². The van der Waals surface area contributed by atoms with Gasteiger partial charge in [0.2, 0.25) is 0 Å². The first-order valence-corrected chi connectivity index (χ1v) is 6.49. The van der Waals surface area contributed by atoms with E-state index in [1.807, 2.05) is 61.5 Å². The van der Waals surface area contributed by atoms with Crippen LogP contribution in [0.3, 0.4) is 0 Å². The van der Waals surface area contributed by atoms with Crippen molar-refractivity contribution in [3.63, 3.8) is 0 Å². The van der Waals surface area contributed by atoms with Crippen molar-refractivity contribution in [3.05, 3.63) is 60.2 Å². The number of ether oxygens (including phenoxy) is 1. The van der Waals surface area contributed by atoms with Crippen LogP contribution in [-0.4, -0.2) is 12.0 Å². The summed E-state index contributed by atoms with van der Waals surface area (Å²) < 4.78 is 5.59. The predicted octanol–water partition coefficient (Wildman–Crippen LogP) is 2.91. The number of nitrogens with one attached hydrogen (secondary N) is 2. The van der Waals surface area contributed by atoms with E-state index in [1.54, 1.807) is 6.92 Å². The van der Waals surface area contributed by atoms with Crippen LogP contribution >= 0.6 is 0 Å². The molecule has 4 heteroatoms. The van der Waals surface area contributed by atoms with Gasteiger partial charge in [-0.3, -0.25) is 15.6 Å². The normalized spacial score (nSPS) is 11.5. The lowest BCUT2D eigenvalue weighted by Crippen LogP contribution is -2.39. The van der Waals surface area contributed by atoms with Crippen molar-refractivity contribution in [1.29, 1.82) is 0 Å². The van der Waals surface area contributed by atoms with Gasteiger partial charge in [0.05, 0.1) is 5.69 Å². The molecule has 1 amide bonds. The van der Waals surface area contributed by atoms with E-state index in [4.69, 9.17) is 4.74 Å². The van der Waals surface area contributed by atoms with Crippen molar-refractivity contribution in [2.75, 3.05) is 5.43 Å². The summed E-state index contributed by atoms with van der Waals surface area (Å²) in [5.41, 5.74) is 7.38. The van der Waals surface area contributed by atoms with Gasteiger partial charge in [0.25, 0.3) is 5.91 Å². The highest BCUT2D eigenvalue weighted by Gasteiger charge is 2.14. The van der Waals surface area contributed by atoms with Crippen LogP contribution < -0.4 is 15.6 Å². The van der Waals surface area contributed by atoms with Crippen LogP contribution in [0, 0.1) is 6.92 Å². The molecule has 0 aliphatic rings. The summed E-state index contributed by atoms with van der Waals surface area (Å²) in [6, 6.07) is 17.0. The molecule has 4 nitrogen and oxygen atoms in total. The SMILES string of the molecule is Cc1cccc(OC(C)C(=O)NNc2ccccc2)c1. The molecule has 2 aromatic carbocycles. The first-order valence-electron chi connectivity index (χ1n) is 6.49. The number of carbonyl (C=O) groups is 1. The summed E-state index contributed by atoms with van der Waals surface area (Å²) in [4.78, 5) is 11.9. The summed E-state index contributed by atoms with van der Waals surface area (Å²) in [7, 11) is 0. The van der Waals surface area contributed by atoms with Crippen LogP contribution in [0.4, 0.5) is 5.69 Å². The second-order valence-corrected chi connectivity index (χ2v) is 4.56. The maximum atomic E-state index is 11.9. The molecule has 2 N–H and O–H groups in total. The third-order valence-corrected chi connectivity index (χ3v) is 2.78. The maximum Gasteiger partial charge on any atom is 0.279 e. The molecule has 0 saturated carbocycles. The van der Waals surface area contributed by atoms with Crippen molar-refractivity contribution in [2.45, 2.75) is 20.0 Å². The highest BCUT2D eigenvalue weighted by atomic mass is 16.5. The first-order chi connectivity index (χ1) is 9.65. The Hall–Kier alpha value is -2.49. The van der Waals surface area contributed by atoms with Crippen LogP contribution in [0.1, 0.15) is 12.5 Å². The lowest BCUT2D eigenvalue weighted by molar-refractivity contribution is -0.126. The molecule has 104 valence electrons. The van der Waals surface area contributed by atoms with Crippen molar-refractivity contribution >= 4 is 11.6 Å². The Balaban J connectivity index is 1.86. The van der Waals surface area contributed by atoms with Gasteiger partial charge >= 0.3 is 0 Å². The van der Waals surface area contributed by atoms with E-state index < -0.39 is 6.10 Å². The molecule has 0 fully saturated rings. The molecule has 0 heterocycles. The monoisotopic (exact) mass is 270 g/mol. The molecule has 0 bridgehead atoms. The van der Waals surface area contributed by atoms with Gasteiger partial charge in [0.15, 0.2) is 6.10 Å². The average molecular weight is 270 g/mol. The first kappa shape index (κ1) is 13.9. The van der Waals surface area contributed by atoms with E-state index in [0.29, 0.717) is 5.75 Å². The highest BCUT2D eigenvalue weighted by Crippen LogP contribution is 2.14. The summed E-state index contributed by atoms with van der Waals surface area (Å²) in [6.07, 6.45) is -0.576. The third-order valence-electron chi connectivity index (χ3n) is 2.78. The highest BCUT2D eigenvalue weighted by molar-refractivity contribution is 5.81. The Bertz CT molecular complexity index is 570. The van der Waals surface area contributed by atoms with Gasteiger partial charge in [-0.25, -0.2) is 0 Å². The van der Waals surface area contributed by atoms with Gasteiger partial charge in [-0.05, 0) is 43.7 Å². The lowest BCUT2D eigenvalue weighted by atomic mass is 10.2. The largest absolute Gasteiger partial charge is 0.481 e. The topological polar surface area (TPSA) is 50.4 Å². The minimum absolute atomic E-state index is 0.227. The number of amides is 1. The maximum absolute atomic E-state index is 11.9. The summed E-state index contributed by atoms with van der Waals surface area (Å²) in [6.45, 7) is 3.69. The summed E-state index contributed by atoms with van der Waals surface area (Å²) in [5.74, 6) is 0.461. The average Bonchev–Trinajstić information content (AvgIpc) is 2.46. The van der Waals surface area contributed by atoms with Crippen molar-refractivity contribution in [2.24, 2.45) is 0 Å². The molecule has 1 atom stereocenters. The Kier molecular flexibility index (Phi) is 4.60. The molecular weight excluding hydrogens is 252 g/mol. The molecule has 0 saturated heterocycles. The van der Waals surface area contributed by atoms with E-state index in [9.17, 15) is 4.79 Å². The van der Waals surface area contributed by atoms with E-state index >= 15 is 0 Å². The number of rotatable bonds is 5. The predicted molar refractivity (Wildman–Crippen MR) is 79.5 cm³/mol. The number of benzene rings is 2. The standard InChI is InChI=1S/C16H18N2O2/c1-12-7-6-10-15(11-12)20-13(2)16(19)18-17-14-8-4-3-5-9-14/h3-11,13,17H,1-2H3,(H,18,19). The van der Waals surface area contributed by atoms with E-state index in [0.717, 1.165) is 11.3 Å². The van der Waals surface area contributed by atoms with Crippen molar-refractivity contribution < 1.29 is 9.53 Å². The van der Waals surface area contributed by atoms with Crippen LogP contribution in [0.25, 0.3) is 0 Å².